The van der Waals surface area contributed by atoms with Gasteiger partial charge in [-0.05, 0) is 36.9 Å². The van der Waals surface area contributed by atoms with Crippen LogP contribution in [0.25, 0.3) is 0 Å². The van der Waals surface area contributed by atoms with E-state index >= 15 is 0 Å². The van der Waals surface area contributed by atoms with Crippen LogP contribution >= 0.6 is 0 Å². The average molecular weight is 331 g/mol. The van der Waals surface area contributed by atoms with Crippen molar-refractivity contribution in [1.82, 2.24) is 10.2 Å². The number of carbonyl (C=O) groups is 2. The number of likely N-dealkylation sites (tertiary alicyclic amines) is 1. The van der Waals surface area contributed by atoms with Crippen LogP contribution in [-0.2, 0) is 22.7 Å². The van der Waals surface area contributed by atoms with Crippen molar-refractivity contribution in [1.29, 1.82) is 0 Å². The number of hydrogen-bond acceptors (Lipinski definition) is 3. The third-order valence-electron chi connectivity index (χ3n) is 4.38. The number of amides is 2. The van der Waals surface area contributed by atoms with Gasteiger partial charge in [-0.25, -0.2) is 0 Å². The number of nitrogens with zero attached hydrogens (tertiary/aromatic N) is 1. The summed E-state index contributed by atoms with van der Waals surface area (Å²) in [6.07, 6.45) is 6.31. The molecule has 0 aromatic heterocycles. The van der Waals surface area contributed by atoms with Gasteiger partial charge in [0.1, 0.15) is 0 Å². The van der Waals surface area contributed by atoms with Gasteiger partial charge in [-0.3, -0.25) is 9.59 Å². The van der Waals surface area contributed by atoms with Gasteiger partial charge in [0.2, 0.25) is 11.8 Å². The molecule has 0 radical (unpaired) electrons. The minimum Gasteiger partial charge on any atom is -0.352 e. The first-order valence-electron chi connectivity index (χ1n) is 9.01. The zero-order chi connectivity index (χ0) is 17.2. The van der Waals surface area contributed by atoms with Crippen molar-refractivity contribution >= 4 is 11.8 Å². The largest absolute Gasteiger partial charge is 0.352 e. The summed E-state index contributed by atoms with van der Waals surface area (Å²) in [7, 11) is 0. The molecule has 132 valence electrons. The lowest BCUT2D eigenvalue weighted by molar-refractivity contribution is -0.128. The third-order valence-corrected chi connectivity index (χ3v) is 4.38. The normalized spacial score (nSPS) is 14.2. The van der Waals surface area contributed by atoms with E-state index in [4.69, 9.17) is 5.73 Å². The summed E-state index contributed by atoms with van der Waals surface area (Å²) in [4.78, 5) is 25.5. The smallest absolute Gasteiger partial charge is 0.222 e. The highest BCUT2D eigenvalue weighted by Crippen LogP contribution is 2.15. The standard InChI is InChI=1S/C19H29N3O2/c20-11-4-2-1-3-9-18(23)21-14-16-7-5-8-17(13-16)15-22-12-6-10-19(22)24/h5,7-8,13H,1-4,6,9-12,14-15,20H2,(H,21,23). The van der Waals surface area contributed by atoms with Crippen LogP contribution in [0.5, 0.6) is 0 Å². The molecule has 24 heavy (non-hydrogen) atoms. The van der Waals surface area contributed by atoms with Gasteiger partial charge in [-0.1, -0.05) is 37.1 Å². The number of rotatable bonds is 10. The Morgan fingerprint density at radius 2 is 1.96 bits per heavy atom. The Kier molecular flexibility index (Phi) is 7.75. The van der Waals surface area contributed by atoms with Crippen LogP contribution in [0.3, 0.4) is 0 Å². The molecule has 0 bridgehead atoms. The molecule has 1 fully saturated rings. The zero-order valence-corrected chi connectivity index (χ0v) is 14.4. The van der Waals surface area contributed by atoms with E-state index in [-0.39, 0.29) is 11.8 Å². The summed E-state index contributed by atoms with van der Waals surface area (Å²) in [6, 6.07) is 8.11. The van der Waals surface area contributed by atoms with Crippen LogP contribution in [0.4, 0.5) is 0 Å². The number of unbranched alkanes of at least 4 members (excludes halogenated alkanes) is 3. The fraction of sp³-hybridized carbons (Fsp3) is 0.579. The molecule has 1 saturated heterocycles. The Balaban J connectivity index is 1.71. The first-order chi connectivity index (χ1) is 11.7. The molecule has 5 nitrogen and oxygen atoms in total. The van der Waals surface area contributed by atoms with Crippen LogP contribution in [0.2, 0.25) is 0 Å². The highest BCUT2D eigenvalue weighted by Gasteiger charge is 2.19. The van der Waals surface area contributed by atoms with E-state index in [1.807, 2.05) is 23.1 Å². The van der Waals surface area contributed by atoms with Gasteiger partial charge in [0.15, 0.2) is 0 Å². The van der Waals surface area contributed by atoms with Gasteiger partial charge in [-0.15, -0.1) is 0 Å². The number of hydrogen-bond donors (Lipinski definition) is 2. The second kappa shape index (κ2) is 10.1. The molecule has 0 atom stereocenters. The van der Waals surface area contributed by atoms with E-state index in [1.165, 1.54) is 0 Å². The molecule has 0 unspecified atom stereocenters. The maximum Gasteiger partial charge on any atom is 0.222 e. The second-order valence-corrected chi connectivity index (χ2v) is 6.47. The monoisotopic (exact) mass is 331 g/mol. The lowest BCUT2D eigenvalue weighted by Gasteiger charge is -2.16. The molecule has 2 rings (SSSR count). The van der Waals surface area contributed by atoms with Crippen molar-refractivity contribution in [3.8, 4) is 0 Å². The minimum absolute atomic E-state index is 0.0999. The van der Waals surface area contributed by atoms with Crippen LogP contribution in [-0.4, -0.2) is 29.8 Å². The predicted molar refractivity (Wildman–Crippen MR) is 95.1 cm³/mol. The van der Waals surface area contributed by atoms with Gasteiger partial charge in [0, 0.05) is 32.5 Å². The summed E-state index contributed by atoms with van der Waals surface area (Å²) in [6.45, 7) is 2.79. The summed E-state index contributed by atoms with van der Waals surface area (Å²) >= 11 is 0. The van der Waals surface area contributed by atoms with Gasteiger partial charge >= 0.3 is 0 Å². The zero-order valence-electron chi connectivity index (χ0n) is 14.4. The van der Waals surface area contributed by atoms with Crippen LogP contribution in [0.1, 0.15) is 56.1 Å². The van der Waals surface area contributed by atoms with Gasteiger partial charge in [-0.2, -0.15) is 0 Å². The Bertz CT molecular complexity index is 545. The highest BCUT2D eigenvalue weighted by molar-refractivity contribution is 5.78. The number of nitrogens with one attached hydrogen (secondary N) is 1. The predicted octanol–water partition coefficient (Wildman–Crippen LogP) is 2.33. The molecule has 0 spiro atoms. The topological polar surface area (TPSA) is 75.4 Å². The van der Waals surface area contributed by atoms with Gasteiger partial charge in [0.05, 0.1) is 0 Å². The molecule has 3 N–H and O–H groups in total. The molecular formula is C19H29N3O2. The molecule has 1 aliphatic rings. The number of benzene rings is 1. The molecule has 0 saturated carbocycles. The maximum absolute atomic E-state index is 11.9. The Morgan fingerprint density at radius 3 is 2.71 bits per heavy atom. The summed E-state index contributed by atoms with van der Waals surface area (Å²) in [5.41, 5.74) is 7.66. The van der Waals surface area contributed by atoms with Crippen LogP contribution in [0, 0.1) is 0 Å². The molecule has 5 heteroatoms. The van der Waals surface area contributed by atoms with Gasteiger partial charge in [0.25, 0.3) is 0 Å². The molecule has 0 aliphatic carbocycles. The first-order valence-corrected chi connectivity index (χ1v) is 9.01. The number of nitrogens with two attached hydrogens (primary N) is 1. The van der Waals surface area contributed by atoms with Gasteiger partial charge < -0.3 is 16.0 Å². The molecule has 1 heterocycles. The fourth-order valence-electron chi connectivity index (χ4n) is 3.00. The van der Waals surface area contributed by atoms with Crippen molar-refractivity contribution in [2.75, 3.05) is 13.1 Å². The van der Waals surface area contributed by atoms with E-state index in [0.717, 1.165) is 56.3 Å². The SMILES string of the molecule is NCCCCCCC(=O)NCc1cccc(CN2CCCC2=O)c1. The highest BCUT2D eigenvalue weighted by atomic mass is 16.2. The lowest BCUT2D eigenvalue weighted by Crippen LogP contribution is -2.24. The Labute approximate surface area is 144 Å². The van der Waals surface area contributed by atoms with Crippen molar-refractivity contribution < 1.29 is 9.59 Å². The molecule has 1 aliphatic heterocycles. The molecule has 1 aromatic carbocycles. The van der Waals surface area contributed by atoms with Crippen molar-refractivity contribution in [3.05, 3.63) is 35.4 Å². The van der Waals surface area contributed by atoms with E-state index in [2.05, 4.69) is 11.4 Å². The Hall–Kier alpha value is -1.88. The fourth-order valence-corrected chi connectivity index (χ4v) is 3.00. The maximum atomic E-state index is 11.9. The first kappa shape index (κ1) is 18.5. The van der Waals surface area contributed by atoms with Crippen LogP contribution < -0.4 is 11.1 Å². The number of carbonyl (C=O) groups excluding carboxylic acids is 2. The molecule has 2 amide bonds. The summed E-state index contributed by atoms with van der Waals surface area (Å²) < 4.78 is 0. The van der Waals surface area contributed by atoms with Crippen molar-refractivity contribution in [2.45, 2.75) is 58.0 Å². The van der Waals surface area contributed by atoms with E-state index in [1.54, 1.807) is 0 Å². The summed E-state index contributed by atoms with van der Waals surface area (Å²) in [5.74, 6) is 0.339. The third kappa shape index (κ3) is 6.32. The van der Waals surface area contributed by atoms with E-state index in [0.29, 0.717) is 25.9 Å². The minimum atomic E-state index is 0.0999. The molecular weight excluding hydrogens is 302 g/mol. The lowest BCUT2D eigenvalue weighted by atomic mass is 10.1. The van der Waals surface area contributed by atoms with E-state index in [9.17, 15) is 9.59 Å². The Morgan fingerprint density at radius 1 is 1.17 bits per heavy atom. The quantitative estimate of drug-likeness (QED) is 0.646. The molecule has 1 aromatic rings. The van der Waals surface area contributed by atoms with Crippen molar-refractivity contribution in [2.24, 2.45) is 5.73 Å². The van der Waals surface area contributed by atoms with E-state index < -0.39 is 0 Å². The van der Waals surface area contributed by atoms with Crippen LogP contribution in [0.15, 0.2) is 24.3 Å². The van der Waals surface area contributed by atoms with Crippen molar-refractivity contribution in [3.63, 3.8) is 0 Å². The average Bonchev–Trinajstić information content (AvgIpc) is 2.98. The summed E-state index contributed by atoms with van der Waals surface area (Å²) in [5, 5.41) is 2.98. The second-order valence-electron chi connectivity index (χ2n) is 6.47.